The Morgan fingerprint density at radius 3 is 2.48 bits per heavy atom. The number of carbonyl (C=O) groups excluding carboxylic acids is 1. The molecule has 0 bridgehead atoms. The van der Waals surface area contributed by atoms with Crippen molar-refractivity contribution in [3.05, 3.63) is 65.5 Å². The zero-order valence-electron chi connectivity index (χ0n) is 14.5. The smallest absolute Gasteiger partial charge is 0.395 e. The topological polar surface area (TPSA) is 67.0 Å². The Kier molecular flexibility index (Phi) is 4.89. The number of aromatic nitrogens is 2. The molecule has 27 heavy (non-hydrogen) atoms. The first-order valence-electron chi connectivity index (χ1n) is 8.01. The van der Waals surface area contributed by atoms with E-state index in [2.05, 4.69) is 20.3 Å². The first-order chi connectivity index (χ1) is 12.7. The Balaban J connectivity index is 1.72. The van der Waals surface area contributed by atoms with E-state index in [1.807, 2.05) is 31.2 Å². The van der Waals surface area contributed by atoms with Crippen molar-refractivity contribution in [2.75, 3.05) is 5.32 Å². The van der Waals surface area contributed by atoms with Crippen molar-refractivity contribution >= 4 is 11.7 Å². The van der Waals surface area contributed by atoms with Crippen LogP contribution >= 0.6 is 0 Å². The van der Waals surface area contributed by atoms with Gasteiger partial charge in [0.2, 0.25) is 0 Å². The van der Waals surface area contributed by atoms with E-state index in [0.717, 1.165) is 23.3 Å². The highest BCUT2D eigenvalue weighted by Gasteiger charge is 2.25. The molecular formula is C19H16F3N3O2. The zero-order valence-corrected chi connectivity index (χ0v) is 14.5. The van der Waals surface area contributed by atoms with Crippen LogP contribution in [-0.4, -0.2) is 22.2 Å². The first-order valence-corrected chi connectivity index (χ1v) is 8.01. The number of amides is 1. The summed E-state index contributed by atoms with van der Waals surface area (Å²) in [6, 6.07) is 12.3. The molecule has 0 radical (unpaired) electrons. The van der Waals surface area contributed by atoms with Gasteiger partial charge in [0, 0.05) is 18.6 Å². The number of aromatic amines is 1. The van der Waals surface area contributed by atoms with E-state index in [4.69, 9.17) is 0 Å². The maximum Gasteiger partial charge on any atom is 0.395 e. The van der Waals surface area contributed by atoms with Crippen molar-refractivity contribution in [3.63, 3.8) is 0 Å². The molecule has 8 heteroatoms. The van der Waals surface area contributed by atoms with Gasteiger partial charge < -0.3 is 10.1 Å². The number of nitrogens with one attached hydrogen (secondary N) is 2. The fourth-order valence-corrected chi connectivity index (χ4v) is 2.37. The molecule has 3 aromatic rings. The molecule has 0 aliphatic carbocycles. The number of benzene rings is 2. The number of nitrogens with zero attached hydrogens (tertiary/aromatic N) is 1. The van der Waals surface area contributed by atoms with Crippen molar-refractivity contribution in [1.29, 1.82) is 0 Å². The molecule has 1 heterocycles. The lowest BCUT2D eigenvalue weighted by molar-refractivity contribution is -0.160. The Morgan fingerprint density at radius 2 is 1.85 bits per heavy atom. The van der Waals surface area contributed by atoms with Crippen LogP contribution in [0.2, 0.25) is 0 Å². The fourth-order valence-electron chi connectivity index (χ4n) is 2.37. The number of ether oxygens (including phenoxy) is 1. The molecule has 0 aliphatic rings. The summed E-state index contributed by atoms with van der Waals surface area (Å²) in [6.07, 6.45) is -3.52. The van der Waals surface area contributed by atoms with Crippen LogP contribution in [0.15, 0.2) is 48.5 Å². The molecule has 0 aliphatic heterocycles. The van der Waals surface area contributed by atoms with Gasteiger partial charge in [0.1, 0.15) is 0 Å². The average molecular weight is 375 g/mol. The maximum absolute atomic E-state index is 13.9. The van der Waals surface area contributed by atoms with Crippen LogP contribution in [-0.2, 0) is 0 Å². The predicted octanol–water partition coefficient (Wildman–Crippen LogP) is 4.77. The largest absolute Gasteiger partial charge is 0.430 e. The molecule has 0 spiro atoms. The minimum absolute atomic E-state index is 0.0563. The third kappa shape index (κ3) is 4.66. The minimum Gasteiger partial charge on any atom is -0.430 e. The van der Waals surface area contributed by atoms with Crippen molar-refractivity contribution in [2.45, 2.75) is 20.0 Å². The van der Waals surface area contributed by atoms with Gasteiger partial charge in [-0.05, 0) is 30.7 Å². The van der Waals surface area contributed by atoms with Crippen LogP contribution in [0.5, 0.6) is 5.75 Å². The van der Waals surface area contributed by atoms with Crippen LogP contribution in [0, 0.1) is 12.7 Å². The van der Waals surface area contributed by atoms with Gasteiger partial charge in [-0.3, -0.25) is 9.89 Å². The zero-order chi connectivity index (χ0) is 19.6. The van der Waals surface area contributed by atoms with Gasteiger partial charge in [-0.25, -0.2) is 4.39 Å². The molecule has 140 valence electrons. The predicted molar refractivity (Wildman–Crippen MR) is 94.4 cm³/mol. The van der Waals surface area contributed by atoms with Crippen LogP contribution in [0.1, 0.15) is 22.8 Å². The molecule has 3 rings (SSSR count). The molecular weight excluding hydrogens is 359 g/mol. The van der Waals surface area contributed by atoms with Crippen LogP contribution in [0.25, 0.3) is 11.3 Å². The van der Waals surface area contributed by atoms with E-state index < -0.39 is 23.6 Å². The quantitative estimate of drug-likeness (QED) is 0.675. The lowest BCUT2D eigenvalue weighted by Gasteiger charge is -2.13. The average Bonchev–Trinajstić information content (AvgIpc) is 3.04. The monoisotopic (exact) mass is 375 g/mol. The number of anilines is 1. The minimum atomic E-state index is -3.52. The summed E-state index contributed by atoms with van der Waals surface area (Å²) >= 11 is 0. The second kappa shape index (κ2) is 7.14. The Bertz CT molecular complexity index is 963. The number of aryl methyl sites for hydroxylation is 1. The van der Waals surface area contributed by atoms with E-state index >= 15 is 0 Å². The second-order valence-corrected chi connectivity index (χ2v) is 6.04. The van der Waals surface area contributed by atoms with Crippen molar-refractivity contribution in [1.82, 2.24) is 10.2 Å². The molecule has 0 saturated carbocycles. The highest BCUT2D eigenvalue weighted by atomic mass is 19.3. The number of halogens is 3. The third-order valence-corrected chi connectivity index (χ3v) is 3.67. The van der Waals surface area contributed by atoms with Crippen molar-refractivity contribution < 1.29 is 22.7 Å². The van der Waals surface area contributed by atoms with Gasteiger partial charge in [0.15, 0.2) is 17.4 Å². The van der Waals surface area contributed by atoms with Gasteiger partial charge in [-0.2, -0.15) is 13.9 Å². The van der Waals surface area contributed by atoms with Gasteiger partial charge in [-0.1, -0.05) is 29.8 Å². The molecule has 1 amide bonds. The first kappa shape index (κ1) is 18.5. The molecule has 0 atom stereocenters. The van der Waals surface area contributed by atoms with E-state index in [1.165, 1.54) is 6.07 Å². The molecule has 2 aromatic carbocycles. The van der Waals surface area contributed by atoms with Crippen molar-refractivity contribution in [2.24, 2.45) is 0 Å². The highest BCUT2D eigenvalue weighted by Crippen LogP contribution is 2.25. The maximum atomic E-state index is 13.9. The lowest BCUT2D eigenvalue weighted by Crippen LogP contribution is -2.20. The standard InChI is InChI=1S/C19H16F3N3O2/c1-11-3-5-12(6-4-11)15-10-17(25-24-15)23-18(26)13-7-8-16(14(20)9-13)27-19(2,21)22/h3-10H,1-2H3,(H2,23,24,25,26). The highest BCUT2D eigenvalue weighted by molar-refractivity contribution is 6.04. The number of alkyl halides is 2. The second-order valence-electron chi connectivity index (χ2n) is 6.04. The summed E-state index contributed by atoms with van der Waals surface area (Å²) in [5, 5.41) is 9.31. The van der Waals surface area contributed by atoms with Crippen LogP contribution in [0.4, 0.5) is 19.0 Å². The van der Waals surface area contributed by atoms with Gasteiger partial charge in [-0.15, -0.1) is 0 Å². The van der Waals surface area contributed by atoms with Crippen LogP contribution < -0.4 is 10.1 Å². The van der Waals surface area contributed by atoms with E-state index in [9.17, 15) is 18.0 Å². The van der Waals surface area contributed by atoms with Crippen molar-refractivity contribution in [3.8, 4) is 17.0 Å². The molecule has 0 saturated heterocycles. The van der Waals surface area contributed by atoms with Gasteiger partial charge in [0.05, 0.1) is 5.69 Å². The summed E-state index contributed by atoms with van der Waals surface area (Å²) in [4.78, 5) is 12.2. The van der Waals surface area contributed by atoms with E-state index in [0.29, 0.717) is 12.6 Å². The van der Waals surface area contributed by atoms with Gasteiger partial charge in [0.25, 0.3) is 5.91 Å². The number of hydrogen-bond donors (Lipinski definition) is 2. The summed E-state index contributed by atoms with van der Waals surface area (Å²) < 4.78 is 43.7. The normalized spacial score (nSPS) is 11.3. The molecule has 5 nitrogen and oxygen atoms in total. The van der Waals surface area contributed by atoms with E-state index in [1.54, 1.807) is 6.07 Å². The number of rotatable bonds is 5. The molecule has 0 fully saturated rings. The Labute approximate surface area is 153 Å². The number of H-pyrrole nitrogens is 1. The van der Waals surface area contributed by atoms with Crippen LogP contribution in [0.3, 0.4) is 0 Å². The number of hydrogen-bond acceptors (Lipinski definition) is 3. The number of carbonyl (C=O) groups is 1. The van der Waals surface area contributed by atoms with E-state index in [-0.39, 0.29) is 11.4 Å². The summed E-state index contributed by atoms with van der Waals surface area (Å²) in [5.74, 6) is -2.09. The fraction of sp³-hybridized carbons (Fsp3) is 0.158. The summed E-state index contributed by atoms with van der Waals surface area (Å²) in [6.45, 7) is 2.47. The lowest BCUT2D eigenvalue weighted by atomic mass is 10.1. The third-order valence-electron chi connectivity index (χ3n) is 3.67. The Hall–Kier alpha value is -3.29. The van der Waals surface area contributed by atoms with Gasteiger partial charge >= 0.3 is 6.11 Å². The SMILES string of the molecule is Cc1ccc(-c2cc(NC(=O)c3ccc(OC(C)(F)F)c(F)c3)n[nH]2)cc1. The Morgan fingerprint density at radius 1 is 1.15 bits per heavy atom. The summed E-state index contributed by atoms with van der Waals surface area (Å²) in [5.41, 5.74) is 2.65. The molecule has 1 aromatic heterocycles. The molecule has 0 unspecified atom stereocenters. The summed E-state index contributed by atoms with van der Waals surface area (Å²) in [7, 11) is 0. The molecule has 2 N–H and O–H groups in total.